The van der Waals surface area contributed by atoms with Gasteiger partial charge in [0.15, 0.2) is 0 Å². The van der Waals surface area contributed by atoms with Crippen LogP contribution in [0.1, 0.15) is 5.56 Å². The first-order valence-corrected chi connectivity index (χ1v) is 10.3. The molecule has 5 rings (SSSR count). The summed E-state index contributed by atoms with van der Waals surface area (Å²) >= 11 is 0. The van der Waals surface area contributed by atoms with E-state index in [9.17, 15) is 10.2 Å². The number of nitrogens with zero attached hydrogens (tertiary/aromatic N) is 2. The SMILES string of the molecule is CN1Cc2ccccc2-c2c(-c3ccc(O)cc3N(C)c3ccccc3)cc(O)cc21. The van der Waals surface area contributed by atoms with Crippen molar-refractivity contribution in [1.29, 1.82) is 0 Å². The van der Waals surface area contributed by atoms with Crippen LogP contribution in [0.25, 0.3) is 22.3 Å². The molecule has 0 radical (unpaired) electrons. The van der Waals surface area contributed by atoms with Crippen molar-refractivity contribution in [1.82, 2.24) is 0 Å². The first kappa shape index (κ1) is 19.1. The smallest absolute Gasteiger partial charge is 0.118 e. The summed E-state index contributed by atoms with van der Waals surface area (Å²) in [6.07, 6.45) is 0. The number of phenols is 2. The lowest BCUT2D eigenvalue weighted by molar-refractivity contribution is 0.475. The number of rotatable bonds is 3. The lowest BCUT2D eigenvalue weighted by Gasteiger charge is -2.32. The molecule has 1 aliphatic heterocycles. The van der Waals surface area contributed by atoms with Crippen LogP contribution in [0.15, 0.2) is 84.9 Å². The highest BCUT2D eigenvalue weighted by Gasteiger charge is 2.25. The zero-order valence-electron chi connectivity index (χ0n) is 17.6. The van der Waals surface area contributed by atoms with Crippen LogP contribution >= 0.6 is 0 Å². The second-order valence-electron chi connectivity index (χ2n) is 8.00. The summed E-state index contributed by atoms with van der Waals surface area (Å²) in [6.45, 7) is 0.790. The number of para-hydroxylation sites is 1. The van der Waals surface area contributed by atoms with Crippen molar-refractivity contribution in [2.45, 2.75) is 6.54 Å². The third-order valence-corrected chi connectivity index (χ3v) is 5.98. The van der Waals surface area contributed by atoms with Gasteiger partial charge in [0.1, 0.15) is 11.5 Å². The highest BCUT2D eigenvalue weighted by atomic mass is 16.3. The summed E-state index contributed by atoms with van der Waals surface area (Å²) in [4.78, 5) is 4.23. The molecule has 4 aromatic carbocycles. The van der Waals surface area contributed by atoms with Gasteiger partial charge in [0.05, 0.1) is 5.69 Å². The minimum absolute atomic E-state index is 0.202. The maximum atomic E-state index is 10.6. The van der Waals surface area contributed by atoms with Gasteiger partial charge in [-0.15, -0.1) is 0 Å². The van der Waals surface area contributed by atoms with Crippen molar-refractivity contribution >= 4 is 17.1 Å². The van der Waals surface area contributed by atoms with E-state index < -0.39 is 0 Å². The topological polar surface area (TPSA) is 46.9 Å². The molecule has 0 atom stereocenters. The molecule has 4 heteroatoms. The largest absolute Gasteiger partial charge is 0.508 e. The van der Waals surface area contributed by atoms with Crippen molar-refractivity contribution in [2.75, 3.05) is 23.9 Å². The van der Waals surface area contributed by atoms with Crippen molar-refractivity contribution in [3.8, 4) is 33.8 Å². The van der Waals surface area contributed by atoms with E-state index in [1.165, 1.54) is 11.1 Å². The Morgan fingerprint density at radius 2 is 1.48 bits per heavy atom. The Hall–Kier alpha value is -3.92. The molecule has 1 heterocycles. The van der Waals surface area contributed by atoms with E-state index in [4.69, 9.17) is 0 Å². The molecule has 0 unspecified atom stereocenters. The second-order valence-corrected chi connectivity index (χ2v) is 8.00. The number of benzene rings is 4. The average molecular weight is 409 g/mol. The Kier molecular flexibility index (Phi) is 4.55. The Bertz CT molecular complexity index is 1270. The lowest BCUT2D eigenvalue weighted by Crippen LogP contribution is -2.22. The zero-order chi connectivity index (χ0) is 21.5. The molecule has 0 spiro atoms. The van der Waals surface area contributed by atoms with Crippen LogP contribution in [0.4, 0.5) is 17.1 Å². The third kappa shape index (κ3) is 3.26. The maximum Gasteiger partial charge on any atom is 0.118 e. The van der Waals surface area contributed by atoms with Crippen LogP contribution in [-0.2, 0) is 6.54 Å². The standard InChI is InChI=1S/C27H24N2O2/c1-28-17-18-8-6-7-11-22(18)27-24(14-21(31)16-26(27)28)23-13-12-20(30)15-25(23)29(2)19-9-4-3-5-10-19/h3-16,30-31H,17H2,1-2H3. The van der Waals surface area contributed by atoms with Gasteiger partial charge in [-0.3, -0.25) is 0 Å². The first-order chi connectivity index (χ1) is 15.0. The zero-order valence-corrected chi connectivity index (χ0v) is 17.6. The van der Waals surface area contributed by atoms with Gasteiger partial charge in [0.25, 0.3) is 0 Å². The predicted molar refractivity (Wildman–Crippen MR) is 127 cm³/mol. The molecule has 154 valence electrons. The molecule has 0 bridgehead atoms. The van der Waals surface area contributed by atoms with Crippen LogP contribution in [0.5, 0.6) is 11.5 Å². The third-order valence-electron chi connectivity index (χ3n) is 5.98. The molecular formula is C27H24N2O2. The molecule has 1 aliphatic rings. The molecule has 0 aliphatic carbocycles. The Labute approximate surface area is 182 Å². The summed E-state index contributed by atoms with van der Waals surface area (Å²) in [5.41, 5.74) is 8.28. The van der Waals surface area contributed by atoms with E-state index in [1.54, 1.807) is 12.1 Å². The molecule has 0 saturated heterocycles. The molecule has 4 nitrogen and oxygen atoms in total. The Morgan fingerprint density at radius 1 is 0.742 bits per heavy atom. The predicted octanol–water partition coefficient (Wildman–Crippen LogP) is 6.15. The summed E-state index contributed by atoms with van der Waals surface area (Å²) in [7, 11) is 4.04. The number of anilines is 3. The van der Waals surface area contributed by atoms with Crippen LogP contribution in [0.3, 0.4) is 0 Å². The Morgan fingerprint density at radius 3 is 2.29 bits per heavy atom. The minimum Gasteiger partial charge on any atom is -0.508 e. The fourth-order valence-corrected chi connectivity index (χ4v) is 4.47. The summed E-state index contributed by atoms with van der Waals surface area (Å²) < 4.78 is 0. The quantitative estimate of drug-likeness (QED) is 0.427. The van der Waals surface area contributed by atoms with Gasteiger partial charge >= 0.3 is 0 Å². The van der Waals surface area contributed by atoms with Crippen LogP contribution in [-0.4, -0.2) is 24.3 Å². The monoisotopic (exact) mass is 408 g/mol. The van der Waals surface area contributed by atoms with E-state index >= 15 is 0 Å². The van der Waals surface area contributed by atoms with E-state index in [0.717, 1.165) is 40.3 Å². The van der Waals surface area contributed by atoms with Crippen molar-refractivity contribution in [3.05, 3.63) is 90.5 Å². The minimum atomic E-state index is 0.202. The molecule has 4 aromatic rings. The number of phenolic OH excluding ortho intramolecular Hbond substituents is 2. The first-order valence-electron chi connectivity index (χ1n) is 10.3. The number of hydrogen-bond acceptors (Lipinski definition) is 4. The van der Waals surface area contributed by atoms with Crippen molar-refractivity contribution in [3.63, 3.8) is 0 Å². The van der Waals surface area contributed by atoms with Crippen molar-refractivity contribution in [2.24, 2.45) is 0 Å². The fourth-order valence-electron chi connectivity index (χ4n) is 4.47. The van der Waals surface area contributed by atoms with Gasteiger partial charge in [-0.2, -0.15) is 0 Å². The highest BCUT2D eigenvalue weighted by molar-refractivity contribution is 5.99. The number of fused-ring (bicyclic) bond motifs is 3. The average Bonchev–Trinajstić information content (AvgIpc) is 2.79. The van der Waals surface area contributed by atoms with Gasteiger partial charge in [0, 0.05) is 55.3 Å². The molecule has 0 amide bonds. The second kappa shape index (κ2) is 7.40. The summed E-state index contributed by atoms with van der Waals surface area (Å²) in [6, 6.07) is 27.5. The molecular weight excluding hydrogens is 384 g/mol. The van der Waals surface area contributed by atoms with Crippen molar-refractivity contribution < 1.29 is 10.2 Å². The highest BCUT2D eigenvalue weighted by Crippen LogP contribution is 2.49. The molecule has 2 N–H and O–H groups in total. The van der Waals surface area contributed by atoms with Crippen LogP contribution in [0, 0.1) is 0 Å². The molecule has 0 aromatic heterocycles. The summed E-state index contributed by atoms with van der Waals surface area (Å²) in [5, 5.41) is 20.9. The number of aromatic hydroxyl groups is 2. The van der Waals surface area contributed by atoms with E-state index in [1.807, 2.05) is 62.6 Å². The van der Waals surface area contributed by atoms with Gasteiger partial charge in [-0.1, -0.05) is 42.5 Å². The van der Waals surface area contributed by atoms with E-state index in [0.29, 0.717) is 0 Å². The number of hydrogen-bond donors (Lipinski definition) is 2. The van der Waals surface area contributed by atoms with Gasteiger partial charge < -0.3 is 20.0 Å². The Balaban J connectivity index is 1.79. The molecule has 0 saturated carbocycles. The van der Waals surface area contributed by atoms with Gasteiger partial charge in [-0.25, -0.2) is 0 Å². The molecule has 31 heavy (non-hydrogen) atoms. The maximum absolute atomic E-state index is 10.6. The van der Waals surface area contributed by atoms with E-state index in [-0.39, 0.29) is 11.5 Å². The van der Waals surface area contributed by atoms with Crippen LogP contribution in [0.2, 0.25) is 0 Å². The van der Waals surface area contributed by atoms with Gasteiger partial charge in [0.2, 0.25) is 0 Å². The van der Waals surface area contributed by atoms with Crippen LogP contribution < -0.4 is 9.80 Å². The summed E-state index contributed by atoms with van der Waals surface area (Å²) in [5.74, 6) is 0.425. The normalized spacial score (nSPS) is 12.3. The molecule has 0 fully saturated rings. The fraction of sp³-hybridized carbons (Fsp3) is 0.111. The lowest BCUT2D eigenvalue weighted by atomic mass is 9.86. The van der Waals surface area contributed by atoms with E-state index in [2.05, 4.69) is 34.1 Å². The van der Waals surface area contributed by atoms with Gasteiger partial charge in [-0.05, 0) is 47.0 Å².